The van der Waals surface area contributed by atoms with Crippen LogP contribution < -0.4 is 10.7 Å². The number of benzene rings is 2. The summed E-state index contributed by atoms with van der Waals surface area (Å²) in [4.78, 5) is 39.8. The van der Waals surface area contributed by atoms with Crippen LogP contribution >= 0.6 is 0 Å². The first-order valence-corrected chi connectivity index (χ1v) is 8.97. The number of hydrazone groups is 1. The maximum Gasteiger partial charge on any atom is 0.365 e. The molecule has 2 rings (SSSR count). The number of anilines is 1. The van der Waals surface area contributed by atoms with E-state index < -0.39 is 16.8 Å². The number of amides is 1. The number of non-ortho nitro benzene ring substituents is 1. The summed E-state index contributed by atoms with van der Waals surface area (Å²) in [6.07, 6.45) is 0.203. The van der Waals surface area contributed by atoms with Crippen LogP contribution in [-0.4, -0.2) is 34.8 Å². The van der Waals surface area contributed by atoms with Gasteiger partial charge in [-0.25, -0.2) is 4.79 Å². The van der Waals surface area contributed by atoms with Crippen LogP contribution in [0, 0.1) is 21.4 Å². The molecular formula is C20H18N6O5. The third-order valence-electron chi connectivity index (χ3n) is 3.72. The van der Waals surface area contributed by atoms with Crippen molar-refractivity contribution in [1.82, 2.24) is 5.43 Å². The number of nitro groups is 1. The van der Waals surface area contributed by atoms with Crippen molar-refractivity contribution in [3.05, 3.63) is 70.3 Å². The van der Waals surface area contributed by atoms with Crippen molar-refractivity contribution in [2.24, 2.45) is 10.3 Å². The van der Waals surface area contributed by atoms with Gasteiger partial charge in [0.1, 0.15) is 0 Å². The van der Waals surface area contributed by atoms with E-state index in [9.17, 15) is 19.7 Å². The molecule has 158 valence electrons. The number of carbonyl (C=O) groups excluding carboxylic acids is 2. The van der Waals surface area contributed by atoms with E-state index >= 15 is 0 Å². The predicted octanol–water partition coefficient (Wildman–Crippen LogP) is 2.63. The SMILES string of the molecule is CC(=NNCCC#N)C(=NOC(=O)c1ccc([N+](=O)[O-])cc1)C(=O)Nc1ccccc1. The molecule has 0 heterocycles. The molecule has 0 bridgehead atoms. The molecule has 0 atom stereocenters. The minimum Gasteiger partial charge on any atom is -0.320 e. The predicted molar refractivity (Wildman–Crippen MR) is 112 cm³/mol. The molecule has 0 spiro atoms. The Kier molecular flexibility index (Phi) is 8.36. The smallest absolute Gasteiger partial charge is 0.320 e. The van der Waals surface area contributed by atoms with Crippen molar-refractivity contribution >= 4 is 34.7 Å². The maximum absolute atomic E-state index is 12.6. The highest BCUT2D eigenvalue weighted by atomic mass is 16.7. The number of rotatable bonds is 9. The number of hydrogen-bond donors (Lipinski definition) is 2. The summed E-state index contributed by atoms with van der Waals surface area (Å²) >= 11 is 0. The monoisotopic (exact) mass is 422 g/mol. The van der Waals surface area contributed by atoms with E-state index in [4.69, 9.17) is 10.1 Å². The second kappa shape index (κ2) is 11.4. The van der Waals surface area contributed by atoms with Gasteiger partial charge in [0.2, 0.25) is 0 Å². The fourth-order valence-electron chi connectivity index (χ4n) is 2.18. The lowest BCUT2D eigenvalue weighted by molar-refractivity contribution is -0.384. The van der Waals surface area contributed by atoms with Crippen molar-refractivity contribution in [1.29, 1.82) is 5.26 Å². The number of nitro benzene ring substituents is 1. The van der Waals surface area contributed by atoms with Crippen molar-refractivity contribution in [2.75, 3.05) is 11.9 Å². The molecule has 11 nitrogen and oxygen atoms in total. The summed E-state index contributed by atoms with van der Waals surface area (Å²) in [5.74, 6) is -1.59. The summed E-state index contributed by atoms with van der Waals surface area (Å²) in [5.41, 5.74) is 2.78. The van der Waals surface area contributed by atoms with E-state index in [0.717, 1.165) is 12.1 Å². The Hall–Kier alpha value is -4.59. The number of nitrogens with one attached hydrogen (secondary N) is 2. The summed E-state index contributed by atoms with van der Waals surface area (Å²) < 4.78 is 0. The number of oxime groups is 1. The van der Waals surface area contributed by atoms with E-state index in [-0.39, 0.29) is 35.6 Å². The molecule has 0 unspecified atom stereocenters. The van der Waals surface area contributed by atoms with Crippen LogP contribution in [0.25, 0.3) is 0 Å². The second-order valence-corrected chi connectivity index (χ2v) is 5.96. The number of nitrogens with zero attached hydrogens (tertiary/aromatic N) is 4. The van der Waals surface area contributed by atoms with Gasteiger partial charge in [0.15, 0.2) is 5.71 Å². The Balaban J connectivity index is 2.20. The second-order valence-electron chi connectivity index (χ2n) is 5.96. The van der Waals surface area contributed by atoms with Crippen molar-refractivity contribution in [3.63, 3.8) is 0 Å². The maximum atomic E-state index is 12.6. The molecule has 0 aliphatic rings. The Morgan fingerprint density at radius 1 is 1.16 bits per heavy atom. The van der Waals surface area contributed by atoms with Crippen LogP contribution in [0.4, 0.5) is 11.4 Å². The van der Waals surface area contributed by atoms with Gasteiger partial charge < -0.3 is 15.6 Å². The Morgan fingerprint density at radius 3 is 2.45 bits per heavy atom. The van der Waals surface area contributed by atoms with Gasteiger partial charge in [-0.15, -0.1) is 0 Å². The van der Waals surface area contributed by atoms with E-state index in [0.29, 0.717) is 5.69 Å². The first-order valence-electron chi connectivity index (χ1n) is 8.97. The zero-order valence-electron chi connectivity index (χ0n) is 16.4. The molecule has 0 fully saturated rings. The van der Waals surface area contributed by atoms with E-state index in [2.05, 4.69) is 21.0 Å². The van der Waals surface area contributed by atoms with Gasteiger partial charge in [0, 0.05) is 24.4 Å². The third kappa shape index (κ3) is 7.06. The van der Waals surface area contributed by atoms with Crippen LogP contribution in [0.2, 0.25) is 0 Å². The normalized spacial score (nSPS) is 11.2. The van der Waals surface area contributed by atoms with E-state index in [1.54, 1.807) is 30.3 Å². The van der Waals surface area contributed by atoms with Gasteiger partial charge in [-0.05, 0) is 31.2 Å². The summed E-state index contributed by atoms with van der Waals surface area (Å²) in [7, 11) is 0. The van der Waals surface area contributed by atoms with Crippen molar-refractivity contribution in [2.45, 2.75) is 13.3 Å². The number of carbonyl (C=O) groups is 2. The summed E-state index contributed by atoms with van der Waals surface area (Å²) in [6.45, 7) is 1.73. The molecule has 1 amide bonds. The van der Waals surface area contributed by atoms with Crippen LogP contribution in [-0.2, 0) is 9.63 Å². The van der Waals surface area contributed by atoms with Crippen LogP contribution in [0.3, 0.4) is 0 Å². The molecule has 2 N–H and O–H groups in total. The zero-order valence-corrected chi connectivity index (χ0v) is 16.4. The van der Waals surface area contributed by atoms with Gasteiger partial charge in [-0.2, -0.15) is 10.4 Å². The van der Waals surface area contributed by atoms with E-state index in [1.165, 1.54) is 19.1 Å². The molecule has 31 heavy (non-hydrogen) atoms. The quantitative estimate of drug-likeness (QED) is 0.206. The molecule has 2 aromatic carbocycles. The van der Waals surface area contributed by atoms with Gasteiger partial charge >= 0.3 is 5.97 Å². The standard InChI is InChI=1S/C20H18N6O5/c1-14(24-22-13-5-12-21)18(19(27)23-16-6-3-2-4-7-16)25-31-20(28)15-8-10-17(11-9-15)26(29)30/h2-4,6-11,22H,5,13H2,1H3,(H,23,27). The molecule has 0 saturated carbocycles. The topological polar surface area (TPSA) is 159 Å². The average Bonchev–Trinajstić information content (AvgIpc) is 2.77. The lowest BCUT2D eigenvalue weighted by atomic mass is 10.2. The molecule has 0 aliphatic heterocycles. The first-order chi connectivity index (χ1) is 14.9. The molecule has 0 radical (unpaired) electrons. The van der Waals surface area contributed by atoms with Crippen LogP contribution in [0.5, 0.6) is 0 Å². The van der Waals surface area contributed by atoms with Crippen LogP contribution in [0.15, 0.2) is 64.9 Å². The highest BCUT2D eigenvalue weighted by Crippen LogP contribution is 2.13. The van der Waals surface area contributed by atoms with Gasteiger partial charge in [-0.1, -0.05) is 23.4 Å². The highest BCUT2D eigenvalue weighted by Gasteiger charge is 2.19. The summed E-state index contributed by atoms with van der Waals surface area (Å²) in [5, 5.41) is 29.5. The molecule has 0 saturated heterocycles. The average molecular weight is 422 g/mol. The number of hydrogen-bond acceptors (Lipinski definition) is 9. The van der Waals surface area contributed by atoms with Crippen molar-refractivity contribution in [3.8, 4) is 6.07 Å². The lowest BCUT2D eigenvalue weighted by Crippen LogP contribution is -2.30. The fraction of sp³-hybridized carbons (Fsp3) is 0.150. The minimum atomic E-state index is -0.912. The zero-order chi connectivity index (χ0) is 22.6. The van der Waals surface area contributed by atoms with Gasteiger partial charge in [0.05, 0.1) is 28.7 Å². The molecule has 2 aromatic rings. The Labute approximate surface area is 177 Å². The first kappa shape index (κ1) is 22.7. The third-order valence-corrected chi connectivity index (χ3v) is 3.72. The van der Waals surface area contributed by atoms with Crippen molar-refractivity contribution < 1.29 is 19.3 Å². The minimum absolute atomic E-state index is 0.0129. The lowest BCUT2D eigenvalue weighted by Gasteiger charge is -2.08. The molecule has 11 heteroatoms. The van der Waals surface area contributed by atoms with Gasteiger partial charge in [-0.3, -0.25) is 14.9 Å². The number of para-hydroxylation sites is 1. The number of nitriles is 1. The molecular weight excluding hydrogens is 404 g/mol. The largest absolute Gasteiger partial charge is 0.365 e. The molecule has 0 aromatic heterocycles. The Bertz CT molecular complexity index is 1040. The van der Waals surface area contributed by atoms with Crippen LogP contribution in [0.1, 0.15) is 23.7 Å². The fourth-order valence-corrected chi connectivity index (χ4v) is 2.18. The highest BCUT2D eigenvalue weighted by molar-refractivity contribution is 6.68. The Morgan fingerprint density at radius 2 is 1.84 bits per heavy atom. The van der Waals surface area contributed by atoms with Gasteiger partial charge in [0.25, 0.3) is 11.6 Å². The van der Waals surface area contributed by atoms with E-state index in [1.807, 2.05) is 6.07 Å². The summed E-state index contributed by atoms with van der Waals surface area (Å²) in [6, 6.07) is 15.2. The molecule has 0 aliphatic carbocycles.